The van der Waals surface area contributed by atoms with Crippen molar-refractivity contribution in [1.82, 2.24) is 5.32 Å². The van der Waals surface area contributed by atoms with Gasteiger partial charge in [0.1, 0.15) is 5.82 Å². The molecule has 1 atom stereocenters. The molecule has 21 heavy (non-hydrogen) atoms. The van der Waals surface area contributed by atoms with Gasteiger partial charge in [-0.1, -0.05) is 29.8 Å². The van der Waals surface area contributed by atoms with Gasteiger partial charge < -0.3 is 5.32 Å². The van der Waals surface area contributed by atoms with Crippen LogP contribution in [0.4, 0.5) is 4.39 Å². The third-order valence-electron chi connectivity index (χ3n) is 4.11. The second-order valence-corrected chi connectivity index (χ2v) is 5.95. The van der Waals surface area contributed by atoms with Gasteiger partial charge in [-0.15, -0.1) is 0 Å². The summed E-state index contributed by atoms with van der Waals surface area (Å²) >= 11 is 0. The number of hydrogen-bond acceptors (Lipinski definition) is 1. The van der Waals surface area contributed by atoms with E-state index in [1.54, 1.807) is 6.07 Å². The van der Waals surface area contributed by atoms with Crippen molar-refractivity contribution in [3.63, 3.8) is 0 Å². The minimum atomic E-state index is -0.114. The number of nitrogens with one attached hydrogen (secondary N) is 1. The van der Waals surface area contributed by atoms with E-state index >= 15 is 0 Å². The zero-order valence-electron chi connectivity index (χ0n) is 13.5. The average Bonchev–Trinajstić information content (AvgIpc) is 2.40. The van der Waals surface area contributed by atoms with E-state index in [1.165, 1.54) is 16.7 Å². The lowest BCUT2D eigenvalue weighted by atomic mass is 9.91. The molecule has 1 unspecified atom stereocenters. The molecule has 0 aliphatic heterocycles. The quantitative estimate of drug-likeness (QED) is 0.868. The second kappa shape index (κ2) is 6.40. The Morgan fingerprint density at radius 2 is 1.67 bits per heavy atom. The summed E-state index contributed by atoms with van der Waals surface area (Å²) in [7, 11) is 1.90. The average molecular weight is 285 g/mol. The maximum atomic E-state index is 14.4. The summed E-state index contributed by atoms with van der Waals surface area (Å²) < 4.78 is 14.4. The molecule has 2 aromatic carbocycles. The molecule has 0 aliphatic carbocycles. The molecule has 1 N–H and O–H groups in total. The normalized spacial score (nSPS) is 12.5. The molecular formula is C19H24FN. The fourth-order valence-electron chi connectivity index (χ4n) is 2.96. The summed E-state index contributed by atoms with van der Waals surface area (Å²) in [4.78, 5) is 0. The van der Waals surface area contributed by atoms with Crippen LogP contribution < -0.4 is 5.32 Å². The molecule has 0 heterocycles. The first-order valence-electron chi connectivity index (χ1n) is 7.42. The molecule has 2 heteroatoms. The van der Waals surface area contributed by atoms with E-state index < -0.39 is 0 Å². The molecule has 1 nitrogen and oxygen atoms in total. The number of hydrogen-bond donors (Lipinski definition) is 1. The third-order valence-corrected chi connectivity index (χ3v) is 4.11. The largest absolute Gasteiger partial charge is 0.313 e. The SMILES string of the molecule is CNC(Cc1cc(C)ccc1C)c1c(C)cc(C)cc1F. The minimum absolute atomic E-state index is 0.00824. The van der Waals surface area contributed by atoms with Crippen LogP contribution in [0.5, 0.6) is 0 Å². The number of likely N-dealkylation sites (N-methyl/N-ethyl adjacent to an activating group) is 1. The van der Waals surface area contributed by atoms with E-state index in [-0.39, 0.29) is 11.9 Å². The number of aryl methyl sites for hydroxylation is 4. The highest BCUT2D eigenvalue weighted by molar-refractivity contribution is 5.37. The molecule has 0 saturated carbocycles. The Labute approximate surface area is 127 Å². The van der Waals surface area contributed by atoms with Gasteiger partial charge in [0.25, 0.3) is 0 Å². The lowest BCUT2D eigenvalue weighted by Crippen LogP contribution is -2.21. The van der Waals surface area contributed by atoms with E-state index in [1.807, 2.05) is 27.0 Å². The third kappa shape index (κ3) is 3.51. The van der Waals surface area contributed by atoms with Crippen LogP contribution in [0, 0.1) is 33.5 Å². The fraction of sp³-hybridized carbons (Fsp3) is 0.368. The van der Waals surface area contributed by atoms with Crippen LogP contribution in [0.25, 0.3) is 0 Å². The van der Waals surface area contributed by atoms with Crippen LogP contribution >= 0.6 is 0 Å². The Morgan fingerprint density at radius 3 is 2.29 bits per heavy atom. The van der Waals surface area contributed by atoms with Gasteiger partial charge in [-0.25, -0.2) is 4.39 Å². The van der Waals surface area contributed by atoms with Crippen LogP contribution in [-0.4, -0.2) is 7.05 Å². The topological polar surface area (TPSA) is 12.0 Å². The summed E-state index contributed by atoms with van der Waals surface area (Å²) in [5.74, 6) is -0.114. The van der Waals surface area contributed by atoms with E-state index in [4.69, 9.17) is 0 Å². The molecule has 0 saturated heterocycles. The maximum absolute atomic E-state index is 14.4. The highest BCUT2D eigenvalue weighted by Crippen LogP contribution is 2.27. The van der Waals surface area contributed by atoms with Gasteiger partial charge in [0.15, 0.2) is 0 Å². The first-order valence-corrected chi connectivity index (χ1v) is 7.42. The molecule has 0 radical (unpaired) electrons. The van der Waals surface area contributed by atoms with Crippen LogP contribution in [0.2, 0.25) is 0 Å². The first kappa shape index (κ1) is 15.7. The van der Waals surface area contributed by atoms with Crippen molar-refractivity contribution >= 4 is 0 Å². The van der Waals surface area contributed by atoms with Crippen molar-refractivity contribution in [2.24, 2.45) is 0 Å². The minimum Gasteiger partial charge on any atom is -0.313 e. The molecule has 0 spiro atoms. The van der Waals surface area contributed by atoms with Crippen molar-refractivity contribution in [1.29, 1.82) is 0 Å². The van der Waals surface area contributed by atoms with Gasteiger partial charge >= 0.3 is 0 Å². The van der Waals surface area contributed by atoms with E-state index in [0.29, 0.717) is 0 Å². The lowest BCUT2D eigenvalue weighted by molar-refractivity contribution is 0.529. The monoisotopic (exact) mass is 285 g/mol. The fourth-order valence-corrected chi connectivity index (χ4v) is 2.96. The summed E-state index contributed by atoms with van der Waals surface area (Å²) in [6.07, 6.45) is 0.796. The van der Waals surface area contributed by atoms with E-state index in [0.717, 1.165) is 23.1 Å². The highest BCUT2D eigenvalue weighted by atomic mass is 19.1. The van der Waals surface area contributed by atoms with Crippen molar-refractivity contribution in [3.05, 3.63) is 69.5 Å². The molecule has 2 aromatic rings. The number of halogens is 1. The summed E-state index contributed by atoms with van der Waals surface area (Å²) in [6.45, 7) is 8.12. The van der Waals surface area contributed by atoms with Gasteiger partial charge in [0.05, 0.1) is 0 Å². The van der Waals surface area contributed by atoms with Gasteiger partial charge in [0, 0.05) is 11.6 Å². The molecular weight excluding hydrogens is 261 g/mol. The Kier molecular flexibility index (Phi) is 4.79. The van der Waals surface area contributed by atoms with E-state index in [2.05, 4.69) is 37.4 Å². The zero-order chi connectivity index (χ0) is 15.6. The van der Waals surface area contributed by atoms with Crippen LogP contribution in [-0.2, 0) is 6.42 Å². The first-order chi connectivity index (χ1) is 9.92. The van der Waals surface area contributed by atoms with Crippen molar-refractivity contribution in [2.75, 3.05) is 7.05 Å². The molecule has 112 valence electrons. The van der Waals surface area contributed by atoms with Crippen LogP contribution in [0.15, 0.2) is 30.3 Å². The van der Waals surface area contributed by atoms with Gasteiger partial charge in [-0.05, 0) is 69.5 Å². The number of rotatable bonds is 4. The highest BCUT2D eigenvalue weighted by Gasteiger charge is 2.18. The predicted octanol–water partition coefficient (Wildman–Crippen LogP) is 4.56. The van der Waals surface area contributed by atoms with Gasteiger partial charge in [-0.2, -0.15) is 0 Å². The van der Waals surface area contributed by atoms with E-state index in [9.17, 15) is 4.39 Å². The molecule has 0 aliphatic rings. The summed E-state index contributed by atoms with van der Waals surface area (Å²) in [5, 5.41) is 3.27. The Bertz CT molecular complexity index is 623. The molecule has 2 rings (SSSR count). The van der Waals surface area contributed by atoms with Crippen LogP contribution in [0.1, 0.15) is 39.4 Å². The summed E-state index contributed by atoms with van der Waals surface area (Å²) in [5.41, 5.74) is 6.53. The maximum Gasteiger partial charge on any atom is 0.128 e. The standard InChI is InChI=1S/C19H24FN/c1-12-6-7-14(3)16(9-12)11-18(21-5)19-15(4)8-13(2)10-17(19)20/h6-10,18,21H,11H2,1-5H3. The van der Waals surface area contributed by atoms with Crippen molar-refractivity contribution in [2.45, 2.75) is 40.2 Å². The predicted molar refractivity (Wildman–Crippen MR) is 87.3 cm³/mol. The van der Waals surface area contributed by atoms with Crippen molar-refractivity contribution in [3.8, 4) is 0 Å². The zero-order valence-corrected chi connectivity index (χ0v) is 13.5. The molecule has 0 aromatic heterocycles. The van der Waals surface area contributed by atoms with Gasteiger partial charge in [0.2, 0.25) is 0 Å². The second-order valence-electron chi connectivity index (χ2n) is 5.95. The van der Waals surface area contributed by atoms with Crippen molar-refractivity contribution < 1.29 is 4.39 Å². The lowest BCUT2D eigenvalue weighted by Gasteiger charge is -2.21. The molecule has 0 fully saturated rings. The summed E-state index contributed by atoms with van der Waals surface area (Å²) in [6, 6.07) is 10.1. The van der Waals surface area contributed by atoms with Crippen LogP contribution in [0.3, 0.4) is 0 Å². The Hall–Kier alpha value is -1.67. The molecule has 0 bridgehead atoms. The molecule has 0 amide bonds. The smallest absolute Gasteiger partial charge is 0.128 e. The Morgan fingerprint density at radius 1 is 0.952 bits per heavy atom. The number of benzene rings is 2. The van der Waals surface area contributed by atoms with Gasteiger partial charge in [-0.3, -0.25) is 0 Å². The Balaban J connectivity index is 2.39.